The van der Waals surface area contributed by atoms with Crippen molar-refractivity contribution >= 4 is 23.7 Å². The SMILES string of the molecule is O=C(CCC1(C(=O)O)CC1)N[C@H](Cc1ccccc1)C(=O)NCCCCNC1=NCCN1. The summed E-state index contributed by atoms with van der Waals surface area (Å²) in [6.45, 7) is 2.95. The van der Waals surface area contributed by atoms with Crippen molar-refractivity contribution in [3.63, 3.8) is 0 Å². The maximum Gasteiger partial charge on any atom is 0.309 e. The fourth-order valence-corrected chi connectivity index (χ4v) is 3.71. The zero-order valence-corrected chi connectivity index (χ0v) is 18.4. The smallest absolute Gasteiger partial charge is 0.309 e. The Hall–Kier alpha value is -3.10. The van der Waals surface area contributed by atoms with Crippen molar-refractivity contribution < 1.29 is 19.5 Å². The molecule has 0 saturated heterocycles. The summed E-state index contributed by atoms with van der Waals surface area (Å²) in [5.41, 5.74) is 0.202. The lowest BCUT2D eigenvalue weighted by molar-refractivity contribution is -0.143. The Kier molecular flexibility index (Phi) is 8.47. The third kappa shape index (κ3) is 7.25. The monoisotopic (exact) mass is 443 g/mol. The number of nitrogens with zero attached hydrogens (tertiary/aromatic N) is 1. The van der Waals surface area contributed by atoms with Crippen LogP contribution in [0.3, 0.4) is 0 Å². The van der Waals surface area contributed by atoms with Crippen molar-refractivity contribution in [3.05, 3.63) is 35.9 Å². The van der Waals surface area contributed by atoms with Crippen LogP contribution in [0, 0.1) is 5.41 Å². The first-order valence-corrected chi connectivity index (χ1v) is 11.4. The number of benzene rings is 1. The van der Waals surface area contributed by atoms with Gasteiger partial charge in [-0.05, 0) is 37.7 Å². The first-order valence-electron chi connectivity index (χ1n) is 11.4. The molecule has 1 aromatic carbocycles. The molecule has 0 radical (unpaired) electrons. The van der Waals surface area contributed by atoms with Crippen LogP contribution in [0.4, 0.5) is 0 Å². The maximum absolute atomic E-state index is 12.8. The number of nitrogens with one attached hydrogen (secondary N) is 4. The predicted octanol–water partition coefficient (Wildman–Crippen LogP) is 0.804. The quantitative estimate of drug-likeness (QED) is 0.287. The van der Waals surface area contributed by atoms with Crippen LogP contribution >= 0.6 is 0 Å². The van der Waals surface area contributed by atoms with E-state index in [1.165, 1.54) is 0 Å². The lowest BCUT2D eigenvalue weighted by Crippen LogP contribution is -2.48. The van der Waals surface area contributed by atoms with E-state index in [1.54, 1.807) is 0 Å². The topological polar surface area (TPSA) is 132 Å². The molecule has 1 fully saturated rings. The molecule has 1 atom stereocenters. The second-order valence-corrected chi connectivity index (χ2v) is 8.48. The fraction of sp³-hybridized carbons (Fsp3) is 0.565. The van der Waals surface area contributed by atoms with Crippen LogP contribution in [0.2, 0.25) is 0 Å². The number of carbonyl (C=O) groups is 3. The molecule has 0 aromatic heterocycles. The van der Waals surface area contributed by atoms with E-state index in [0.29, 0.717) is 32.2 Å². The number of amides is 2. The first kappa shape index (κ1) is 23.6. The minimum Gasteiger partial charge on any atom is -0.481 e. The van der Waals surface area contributed by atoms with Gasteiger partial charge in [0.25, 0.3) is 0 Å². The number of guanidine groups is 1. The average Bonchev–Trinajstić information content (AvgIpc) is 3.42. The van der Waals surface area contributed by atoms with Gasteiger partial charge in [-0.15, -0.1) is 0 Å². The van der Waals surface area contributed by atoms with Crippen LogP contribution in [0.15, 0.2) is 35.3 Å². The van der Waals surface area contributed by atoms with Gasteiger partial charge in [0.05, 0.1) is 12.0 Å². The van der Waals surface area contributed by atoms with Gasteiger partial charge in [-0.2, -0.15) is 0 Å². The van der Waals surface area contributed by atoms with Gasteiger partial charge < -0.3 is 26.4 Å². The third-order valence-corrected chi connectivity index (χ3v) is 5.94. The number of carbonyl (C=O) groups excluding carboxylic acids is 2. The number of rotatable bonds is 13. The van der Waals surface area contributed by atoms with E-state index in [4.69, 9.17) is 0 Å². The number of hydrogen-bond donors (Lipinski definition) is 5. The van der Waals surface area contributed by atoms with E-state index in [-0.39, 0.29) is 18.2 Å². The van der Waals surface area contributed by atoms with Gasteiger partial charge in [0, 0.05) is 32.5 Å². The van der Waals surface area contributed by atoms with Gasteiger partial charge in [-0.3, -0.25) is 19.4 Å². The van der Waals surface area contributed by atoms with Gasteiger partial charge in [-0.1, -0.05) is 30.3 Å². The first-order chi connectivity index (χ1) is 15.5. The molecule has 1 saturated carbocycles. The Morgan fingerprint density at radius 1 is 1.12 bits per heavy atom. The minimum absolute atomic E-state index is 0.106. The summed E-state index contributed by atoms with van der Waals surface area (Å²) in [6, 6.07) is 8.83. The summed E-state index contributed by atoms with van der Waals surface area (Å²) < 4.78 is 0. The van der Waals surface area contributed by atoms with Crippen molar-refractivity contribution in [1.82, 2.24) is 21.3 Å². The molecule has 1 aromatic rings. The number of unbranched alkanes of at least 4 members (excludes halogenated alkanes) is 1. The summed E-state index contributed by atoms with van der Waals surface area (Å²) in [4.78, 5) is 40.9. The number of hydrogen-bond acceptors (Lipinski definition) is 6. The van der Waals surface area contributed by atoms with Crippen LogP contribution in [0.1, 0.15) is 44.1 Å². The van der Waals surface area contributed by atoms with Crippen molar-refractivity contribution in [2.45, 2.75) is 51.0 Å². The molecular weight excluding hydrogens is 410 g/mol. The van der Waals surface area contributed by atoms with Gasteiger partial charge in [0.1, 0.15) is 6.04 Å². The van der Waals surface area contributed by atoms with Crippen LogP contribution in [-0.2, 0) is 20.8 Å². The second-order valence-electron chi connectivity index (χ2n) is 8.48. The van der Waals surface area contributed by atoms with Crippen LogP contribution in [-0.4, -0.2) is 61.1 Å². The largest absolute Gasteiger partial charge is 0.481 e. The summed E-state index contributed by atoms with van der Waals surface area (Å²) in [5.74, 6) is -0.524. The van der Waals surface area contributed by atoms with Crippen molar-refractivity contribution in [2.24, 2.45) is 10.4 Å². The Bertz CT molecular complexity index is 823. The van der Waals surface area contributed by atoms with Crippen LogP contribution in [0.5, 0.6) is 0 Å². The Labute approximate surface area is 188 Å². The van der Waals surface area contributed by atoms with E-state index >= 15 is 0 Å². The molecule has 5 N–H and O–H groups in total. The molecule has 9 nitrogen and oxygen atoms in total. The molecule has 0 bridgehead atoms. The zero-order valence-electron chi connectivity index (χ0n) is 18.4. The van der Waals surface area contributed by atoms with Gasteiger partial charge in [-0.25, -0.2) is 0 Å². The number of aliphatic carboxylic acids is 1. The summed E-state index contributed by atoms with van der Waals surface area (Å²) in [6.07, 6.45) is 3.71. The van der Waals surface area contributed by atoms with Gasteiger partial charge >= 0.3 is 5.97 Å². The number of carboxylic acids is 1. The summed E-state index contributed by atoms with van der Waals surface area (Å²) in [5, 5.41) is 21.4. The van der Waals surface area contributed by atoms with E-state index in [2.05, 4.69) is 26.3 Å². The molecule has 0 unspecified atom stereocenters. The molecule has 2 amide bonds. The highest BCUT2D eigenvalue weighted by atomic mass is 16.4. The standard InChI is InChI=1S/C23H33N5O4/c29-19(8-9-23(10-11-23)21(31)32)28-18(16-17-6-2-1-3-7-17)20(30)24-12-4-5-13-25-22-26-14-15-27-22/h1-3,6-7,18H,4-5,8-16H2,(H,24,30)(H,28,29)(H,31,32)(H2,25,26,27)/t18-/m1/s1. The van der Waals surface area contributed by atoms with Crippen molar-refractivity contribution in [3.8, 4) is 0 Å². The number of aliphatic imine (C=N–C) groups is 1. The molecule has 174 valence electrons. The summed E-state index contributed by atoms with van der Waals surface area (Å²) >= 11 is 0. The zero-order chi connectivity index (χ0) is 22.8. The molecule has 0 spiro atoms. The molecule has 9 heteroatoms. The van der Waals surface area contributed by atoms with Crippen LogP contribution in [0.25, 0.3) is 0 Å². The molecule has 1 heterocycles. The third-order valence-electron chi connectivity index (χ3n) is 5.94. The van der Waals surface area contributed by atoms with Crippen LogP contribution < -0.4 is 21.3 Å². The predicted molar refractivity (Wildman–Crippen MR) is 121 cm³/mol. The normalized spacial score (nSPS) is 16.9. The molecule has 1 aliphatic heterocycles. The average molecular weight is 444 g/mol. The molecule has 1 aliphatic carbocycles. The van der Waals surface area contributed by atoms with E-state index in [0.717, 1.165) is 44.0 Å². The Balaban J connectivity index is 1.43. The summed E-state index contributed by atoms with van der Waals surface area (Å²) in [7, 11) is 0. The van der Waals surface area contributed by atoms with Crippen molar-refractivity contribution in [2.75, 3.05) is 26.2 Å². The minimum atomic E-state index is -0.839. The van der Waals surface area contributed by atoms with E-state index in [9.17, 15) is 19.5 Å². The molecule has 3 rings (SSSR count). The van der Waals surface area contributed by atoms with Gasteiger partial charge in [0.2, 0.25) is 11.8 Å². The molecular formula is C23H33N5O4. The highest BCUT2D eigenvalue weighted by molar-refractivity contribution is 5.88. The highest BCUT2D eigenvalue weighted by Crippen LogP contribution is 2.49. The molecule has 32 heavy (non-hydrogen) atoms. The Morgan fingerprint density at radius 3 is 2.53 bits per heavy atom. The lowest BCUT2D eigenvalue weighted by Gasteiger charge is -2.19. The second kappa shape index (κ2) is 11.5. The van der Waals surface area contributed by atoms with Gasteiger partial charge in [0.15, 0.2) is 5.96 Å². The van der Waals surface area contributed by atoms with E-state index < -0.39 is 17.4 Å². The van der Waals surface area contributed by atoms with Crippen molar-refractivity contribution in [1.29, 1.82) is 0 Å². The highest BCUT2D eigenvalue weighted by Gasteiger charge is 2.49. The maximum atomic E-state index is 12.8. The Morgan fingerprint density at radius 2 is 1.88 bits per heavy atom. The number of carboxylic acid groups (broad SMARTS) is 1. The fourth-order valence-electron chi connectivity index (χ4n) is 3.71. The molecule has 2 aliphatic rings. The lowest BCUT2D eigenvalue weighted by atomic mass is 9.99. The van der Waals surface area contributed by atoms with E-state index in [1.807, 2.05) is 30.3 Å².